The third kappa shape index (κ3) is 3.16. The Labute approximate surface area is 78.8 Å². The van der Waals surface area contributed by atoms with E-state index in [0.29, 0.717) is 12.2 Å². The van der Waals surface area contributed by atoms with Crippen LogP contribution in [0.25, 0.3) is 0 Å². The summed E-state index contributed by atoms with van der Waals surface area (Å²) in [4.78, 5) is 0. The molecule has 0 atom stereocenters. The maximum Gasteiger partial charge on any atom is 0.119 e. The van der Waals surface area contributed by atoms with Crippen LogP contribution in [0.2, 0.25) is 0 Å². The first-order valence-electron chi connectivity index (χ1n) is 4.29. The number of benzene rings is 1. The largest absolute Gasteiger partial charge is 0.494 e. The lowest BCUT2D eigenvalue weighted by Crippen LogP contribution is -1.95. The third-order valence-electron chi connectivity index (χ3n) is 1.65. The van der Waals surface area contributed by atoms with Crippen molar-refractivity contribution in [2.75, 3.05) is 6.61 Å². The predicted molar refractivity (Wildman–Crippen MR) is 51.2 cm³/mol. The molecule has 0 aliphatic heterocycles. The van der Waals surface area contributed by atoms with Gasteiger partial charge in [-0.25, -0.2) is 0 Å². The average Bonchev–Trinajstić information content (AvgIpc) is 2.19. The molecule has 0 heterocycles. The molecule has 0 aromatic heterocycles. The van der Waals surface area contributed by atoms with Crippen LogP contribution in [0.3, 0.4) is 0 Å². The molecule has 0 fully saturated rings. The van der Waals surface area contributed by atoms with Gasteiger partial charge in [-0.15, -0.1) is 0 Å². The predicted octanol–water partition coefficient (Wildman–Crippen LogP) is 2.55. The van der Waals surface area contributed by atoms with E-state index in [-0.39, 0.29) is 0 Å². The van der Waals surface area contributed by atoms with Gasteiger partial charge in [-0.2, -0.15) is 5.26 Å². The van der Waals surface area contributed by atoms with Crippen molar-refractivity contribution in [1.29, 1.82) is 5.26 Å². The van der Waals surface area contributed by atoms with E-state index in [1.54, 1.807) is 12.1 Å². The summed E-state index contributed by atoms with van der Waals surface area (Å²) in [5.74, 6) is 0.812. The first-order chi connectivity index (χ1) is 6.36. The highest BCUT2D eigenvalue weighted by molar-refractivity contribution is 5.34. The molecular weight excluding hydrogens is 162 g/mol. The van der Waals surface area contributed by atoms with E-state index in [0.717, 1.165) is 18.6 Å². The SMILES string of the molecule is [CH2]CCCOc1ccc(C#N)cc1. The summed E-state index contributed by atoms with van der Waals surface area (Å²) in [7, 11) is 0. The second-order valence-corrected chi connectivity index (χ2v) is 2.69. The number of rotatable bonds is 4. The maximum absolute atomic E-state index is 8.54. The quantitative estimate of drug-likeness (QED) is 0.657. The topological polar surface area (TPSA) is 33.0 Å². The average molecular weight is 174 g/mol. The summed E-state index contributed by atoms with van der Waals surface area (Å²) in [6.07, 6.45) is 1.84. The van der Waals surface area contributed by atoms with E-state index < -0.39 is 0 Å². The molecule has 67 valence electrons. The van der Waals surface area contributed by atoms with Crippen LogP contribution < -0.4 is 4.74 Å². The van der Waals surface area contributed by atoms with Gasteiger partial charge in [0.25, 0.3) is 0 Å². The summed E-state index contributed by atoms with van der Waals surface area (Å²) in [6, 6.07) is 9.17. The normalized spacial score (nSPS) is 9.23. The minimum Gasteiger partial charge on any atom is -0.494 e. The zero-order valence-electron chi connectivity index (χ0n) is 7.49. The maximum atomic E-state index is 8.54. The molecule has 1 aromatic rings. The van der Waals surface area contributed by atoms with Gasteiger partial charge in [0.05, 0.1) is 18.2 Å². The minimum atomic E-state index is 0.657. The van der Waals surface area contributed by atoms with Crippen molar-refractivity contribution in [3.8, 4) is 11.8 Å². The first kappa shape index (κ1) is 9.60. The fourth-order valence-electron chi connectivity index (χ4n) is 0.918. The van der Waals surface area contributed by atoms with Gasteiger partial charge < -0.3 is 4.74 Å². The van der Waals surface area contributed by atoms with Crippen LogP contribution in [-0.4, -0.2) is 6.61 Å². The molecule has 0 saturated heterocycles. The molecule has 0 spiro atoms. The van der Waals surface area contributed by atoms with Gasteiger partial charge in [-0.1, -0.05) is 13.3 Å². The lowest BCUT2D eigenvalue weighted by atomic mass is 10.2. The van der Waals surface area contributed by atoms with Crippen molar-refractivity contribution in [2.45, 2.75) is 12.8 Å². The summed E-state index contributed by atoms with van der Waals surface area (Å²) >= 11 is 0. The van der Waals surface area contributed by atoms with E-state index >= 15 is 0 Å². The van der Waals surface area contributed by atoms with Gasteiger partial charge in [0.2, 0.25) is 0 Å². The van der Waals surface area contributed by atoms with Crippen LogP contribution in [0.5, 0.6) is 5.75 Å². The van der Waals surface area contributed by atoms with Crippen LogP contribution >= 0.6 is 0 Å². The van der Waals surface area contributed by atoms with Crippen molar-refractivity contribution in [3.05, 3.63) is 36.8 Å². The smallest absolute Gasteiger partial charge is 0.119 e. The summed E-state index contributed by atoms with van der Waals surface area (Å²) in [5.41, 5.74) is 0.657. The zero-order chi connectivity index (χ0) is 9.52. The van der Waals surface area contributed by atoms with Gasteiger partial charge >= 0.3 is 0 Å². The molecule has 0 aliphatic carbocycles. The van der Waals surface area contributed by atoms with Gasteiger partial charge in [0.1, 0.15) is 5.75 Å². The molecule has 0 aliphatic rings. The Morgan fingerprint density at radius 2 is 2.00 bits per heavy atom. The molecule has 1 aromatic carbocycles. The molecule has 0 saturated carbocycles. The highest BCUT2D eigenvalue weighted by Crippen LogP contribution is 2.11. The molecule has 0 unspecified atom stereocenters. The first-order valence-corrected chi connectivity index (χ1v) is 4.29. The van der Waals surface area contributed by atoms with E-state index in [4.69, 9.17) is 10.00 Å². The van der Waals surface area contributed by atoms with Crippen molar-refractivity contribution >= 4 is 0 Å². The van der Waals surface area contributed by atoms with Crippen LogP contribution in [0.4, 0.5) is 0 Å². The molecule has 1 rings (SSSR count). The number of nitriles is 1. The zero-order valence-corrected chi connectivity index (χ0v) is 7.49. The van der Waals surface area contributed by atoms with Crippen LogP contribution in [0, 0.1) is 18.3 Å². The summed E-state index contributed by atoms with van der Waals surface area (Å²) in [5, 5.41) is 8.54. The molecule has 2 heteroatoms. The summed E-state index contributed by atoms with van der Waals surface area (Å²) in [6.45, 7) is 4.41. The second kappa shape index (κ2) is 5.21. The molecule has 0 bridgehead atoms. The van der Waals surface area contributed by atoms with E-state index in [1.807, 2.05) is 12.1 Å². The number of hydrogen-bond donors (Lipinski definition) is 0. The molecular formula is C11H12NO. The van der Waals surface area contributed by atoms with E-state index in [2.05, 4.69) is 13.0 Å². The number of unbranched alkanes of at least 4 members (excludes halogenated alkanes) is 1. The third-order valence-corrected chi connectivity index (χ3v) is 1.65. The van der Waals surface area contributed by atoms with E-state index in [1.165, 1.54) is 0 Å². The van der Waals surface area contributed by atoms with Gasteiger partial charge in [-0.3, -0.25) is 0 Å². The van der Waals surface area contributed by atoms with Crippen LogP contribution in [-0.2, 0) is 0 Å². The van der Waals surface area contributed by atoms with Crippen LogP contribution in [0.15, 0.2) is 24.3 Å². The number of hydrogen-bond acceptors (Lipinski definition) is 2. The van der Waals surface area contributed by atoms with Gasteiger partial charge in [0.15, 0.2) is 0 Å². The molecule has 1 radical (unpaired) electrons. The Morgan fingerprint density at radius 3 is 2.54 bits per heavy atom. The Hall–Kier alpha value is -1.49. The highest BCUT2D eigenvalue weighted by atomic mass is 16.5. The lowest BCUT2D eigenvalue weighted by Gasteiger charge is -2.03. The monoisotopic (exact) mass is 174 g/mol. The van der Waals surface area contributed by atoms with Crippen LogP contribution in [0.1, 0.15) is 18.4 Å². The fourth-order valence-corrected chi connectivity index (χ4v) is 0.918. The van der Waals surface area contributed by atoms with E-state index in [9.17, 15) is 0 Å². The standard InChI is InChI=1S/C11H12NO/c1-2-3-8-13-11-6-4-10(9-12)5-7-11/h4-7H,1-3,8H2. The molecule has 13 heavy (non-hydrogen) atoms. The lowest BCUT2D eigenvalue weighted by molar-refractivity contribution is 0.312. The Bertz CT molecular complexity index is 284. The Kier molecular flexibility index (Phi) is 3.84. The van der Waals surface area contributed by atoms with Gasteiger partial charge in [0, 0.05) is 0 Å². The number of ether oxygens (including phenoxy) is 1. The van der Waals surface area contributed by atoms with Crippen molar-refractivity contribution < 1.29 is 4.74 Å². The van der Waals surface area contributed by atoms with Gasteiger partial charge in [-0.05, 0) is 30.7 Å². The van der Waals surface area contributed by atoms with Crippen molar-refractivity contribution in [2.24, 2.45) is 0 Å². The molecule has 2 nitrogen and oxygen atoms in total. The minimum absolute atomic E-state index is 0.657. The molecule has 0 amide bonds. The van der Waals surface area contributed by atoms with Crippen molar-refractivity contribution in [3.63, 3.8) is 0 Å². The fraction of sp³-hybridized carbons (Fsp3) is 0.273. The van der Waals surface area contributed by atoms with Crippen molar-refractivity contribution in [1.82, 2.24) is 0 Å². The summed E-state index contributed by atoms with van der Waals surface area (Å²) < 4.78 is 5.40. The second-order valence-electron chi connectivity index (χ2n) is 2.69. The Balaban J connectivity index is 2.46. The number of nitrogens with zero attached hydrogens (tertiary/aromatic N) is 1. The molecule has 0 N–H and O–H groups in total. The Morgan fingerprint density at radius 1 is 1.31 bits per heavy atom. The highest BCUT2D eigenvalue weighted by Gasteiger charge is 1.93.